The molecule has 2 aromatic carbocycles. The van der Waals surface area contributed by atoms with E-state index < -0.39 is 0 Å². The number of pyridine rings is 1. The van der Waals surface area contributed by atoms with Gasteiger partial charge in [0.05, 0.1) is 28.5 Å². The van der Waals surface area contributed by atoms with Gasteiger partial charge in [-0.1, -0.05) is 100 Å². The van der Waals surface area contributed by atoms with E-state index in [-0.39, 0.29) is 5.91 Å². The van der Waals surface area contributed by atoms with Crippen molar-refractivity contribution in [1.29, 1.82) is 5.26 Å². The van der Waals surface area contributed by atoms with E-state index >= 15 is 0 Å². The van der Waals surface area contributed by atoms with Crippen molar-refractivity contribution in [3.8, 4) is 6.07 Å². The minimum Gasteiger partial charge on any atom is -0.359 e. The van der Waals surface area contributed by atoms with Gasteiger partial charge >= 0.3 is 0 Å². The molecule has 0 bridgehead atoms. The number of hydrogen-bond donors (Lipinski definition) is 2. The SMILES string of the molecule is CCCCCCCC/C=C\CCCC(CCCC/C=C(\C#N)c1c[nH]c2c(NC(C)=O)cccc12)c1nccc2ccccc12. The molecule has 1 unspecified atom stereocenters. The van der Waals surface area contributed by atoms with Crippen molar-refractivity contribution in [2.24, 2.45) is 0 Å². The number of benzene rings is 2. The first-order valence-corrected chi connectivity index (χ1v) is 17.1. The van der Waals surface area contributed by atoms with Gasteiger partial charge in [-0.05, 0) is 68.9 Å². The lowest BCUT2D eigenvalue weighted by atomic mass is 9.89. The first-order chi connectivity index (χ1) is 22.1. The second kappa shape index (κ2) is 18.6. The number of fused-ring (bicyclic) bond motifs is 2. The number of nitrogens with one attached hydrogen (secondary N) is 2. The summed E-state index contributed by atoms with van der Waals surface area (Å²) in [5.41, 5.74) is 4.34. The molecule has 0 aliphatic rings. The Bertz CT molecular complexity index is 1600. The third kappa shape index (κ3) is 10.2. The van der Waals surface area contributed by atoms with Gasteiger partial charge in [-0.15, -0.1) is 0 Å². The van der Waals surface area contributed by atoms with Gasteiger partial charge in [-0.3, -0.25) is 9.78 Å². The summed E-state index contributed by atoms with van der Waals surface area (Å²) < 4.78 is 0. The highest BCUT2D eigenvalue weighted by Crippen LogP contribution is 2.33. The minimum absolute atomic E-state index is 0.119. The van der Waals surface area contributed by atoms with E-state index in [9.17, 15) is 10.1 Å². The number of carbonyl (C=O) groups excluding carboxylic acids is 1. The maximum atomic E-state index is 11.6. The highest BCUT2D eigenvalue weighted by Gasteiger charge is 2.16. The van der Waals surface area contributed by atoms with Gasteiger partial charge in [-0.25, -0.2) is 0 Å². The fraction of sp³-hybridized carbons (Fsp3) is 0.425. The highest BCUT2D eigenvalue weighted by molar-refractivity contribution is 6.05. The normalized spacial score (nSPS) is 12.6. The van der Waals surface area contributed by atoms with Gasteiger partial charge in [0, 0.05) is 41.6 Å². The average molecular weight is 603 g/mol. The van der Waals surface area contributed by atoms with Crippen molar-refractivity contribution in [2.45, 2.75) is 110 Å². The Kier molecular flexibility index (Phi) is 13.9. The summed E-state index contributed by atoms with van der Waals surface area (Å²) in [6, 6.07) is 18.9. The predicted molar refractivity (Wildman–Crippen MR) is 190 cm³/mol. The maximum Gasteiger partial charge on any atom is 0.221 e. The number of aromatic nitrogens is 2. The Morgan fingerprint density at radius 3 is 2.44 bits per heavy atom. The Hall–Kier alpha value is -4.17. The van der Waals surface area contributed by atoms with E-state index in [4.69, 9.17) is 4.98 Å². The first kappa shape index (κ1) is 33.7. The van der Waals surface area contributed by atoms with E-state index in [1.165, 1.54) is 74.8 Å². The van der Waals surface area contributed by atoms with Crippen molar-refractivity contribution < 1.29 is 4.79 Å². The summed E-state index contributed by atoms with van der Waals surface area (Å²) in [6.45, 7) is 3.77. The van der Waals surface area contributed by atoms with Crippen LogP contribution in [0.2, 0.25) is 0 Å². The van der Waals surface area contributed by atoms with Crippen LogP contribution in [-0.2, 0) is 4.79 Å². The van der Waals surface area contributed by atoms with Crippen LogP contribution in [0.4, 0.5) is 5.69 Å². The molecule has 2 aromatic heterocycles. The van der Waals surface area contributed by atoms with Crippen LogP contribution in [0.1, 0.15) is 121 Å². The number of H-pyrrole nitrogens is 1. The van der Waals surface area contributed by atoms with Crippen molar-refractivity contribution >= 4 is 38.8 Å². The van der Waals surface area contributed by atoms with Gasteiger partial charge in [0.2, 0.25) is 5.91 Å². The number of anilines is 1. The average Bonchev–Trinajstić information content (AvgIpc) is 3.49. The van der Waals surface area contributed by atoms with Crippen LogP contribution in [-0.4, -0.2) is 15.9 Å². The van der Waals surface area contributed by atoms with Crippen LogP contribution in [0, 0.1) is 11.3 Å². The third-order valence-electron chi connectivity index (χ3n) is 8.70. The Balaban J connectivity index is 1.33. The lowest BCUT2D eigenvalue weighted by Gasteiger charge is -2.18. The molecule has 1 atom stereocenters. The van der Waals surface area contributed by atoms with Gasteiger partial charge in [-0.2, -0.15) is 5.26 Å². The summed E-state index contributed by atoms with van der Waals surface area (Å²) in [5, 5.41) is 16.3. The van der Waals surface area contributed by atoms with Crippen LogP contribution in [0.25, 0.3) is 27.2 Å². The van der Waals surface area contributed by atoms with Crippen molar-refractivity contribution in [3.05, 3.63) is 90.4 Å². The number of carbonyl (C=O) groups is 1. The van der Waals surface area contributed by atoms with Crippen LogP contribution >= 0.6 is 0 Å². The topological polar surface area (TPSA) is 81.6 Å². The fourth-order valence-electron chi connectivity index (χ4n) is 6.31. The summed E-state index contributed by atoms with van der Waals surface area (Å²) in [4.78, 5) is 19.8. The van der Waals surface area contributed by atoms with Crippen LogP contribution in [0.5, 0.6) is 0 Å². The van der Waals surface area contributed by atoms with Crippen LogP contribution < -0.4 is 5.32 Å². The standard InChI is InChI=1S/C40H50N4O/c1-3-4-5-6-7-8-9-10-11-12-14-21-33(39-35-24-18-17-20-32(35)27-28-42-39)22-15-13-16-23-34(29-41)37-30-43-40-36(37)25-19-26-38(40)44-31(2)45/h10-11,17-20,23-28,30,33,43H,3-9,12-16,21-22H2,1-2H3,(H,44,45)/b11-10-,34-23+. The molecule has 1 amide bonds. The van der Waals surface area contributed by atoms with Gasteiger partial charge < -0.3 is 10.3 Å². The van der Waals surface area contributed by atoms with Crippen molar-refractivity contribution in [3.63, 3.8) is 0 Å². The smallest absolute Gasteiger partial charge is 0.221 e. The number of nitrogens with zero attached hydrogens (tertiary/aromatic N) is 2. The van der Waals surface area contributed by atoms with E-state index in [1.54, 1.807) is 0 Å². The maximum absolute atomic E-state index is 11.6. The number of rotatable bonds is 19. The second-order valence-electron chi connectivity index (χ2n) is 12.2. The predicted octanol–water partition coefficient (Wildman–Crippen LogP) is 11.4. The highest BCUT2D eigenvalue weighted by atomic mass is 16.1. The first-order valence-electron chi connectivity index (χ1n) is 17.1. The van der Waals surface area contributed by atoms with Gasteiger partial charge in [0.1, 0.15) is 0 Å². The van der Waals surface area contributed by atoms with Gasteiger partial charge in [0.25, 0.3) is 0 Å². The Labute approximate surface area is 269 Å². The van der Waals surface area contributed by atoms with Crippen LogP contribution in [0.15, 0.2) is 79.2 Å². The number of nitriles is 1. The lowest BCUT2D eigenvalue weighted by Crippen LogP contribution is -2.05. The summed E-state index contributed by atoms with van der Waals surface area (Å²) >= 11 is 0. The molecule has 236 valence electrons. The zero-order chi connectivity index (χ0) is 31.7. The van der Waals surface area contributed by atoms with E-state index in [0.717, 1.165) is 60.7 Å². The monoisotopic (exact) mass is 602 g/mol. The second-order valence-corrected chi connectivity index (χ2v) is 12.2. The third-order valence-corrected chi connectivity index (χ3v) is 8.70. The number of hydrogen-bond acceptors (Lipinski definition) is 3. The van der Waals surface area contributed by atoms with Crippen LogP contribution in [0.3, 0.4) is 0 Å². The summed E-state index contributed by atoms with van der Waals surface area (Å²) in [5.74, 6) is 0.301. The molecule has 0 saturated carbocycles. The molecule has 5 heteroatoms. The summed E-state index contributed by atoms with van der Waals surface area (Å²) in [7, 11) is 0. The number of amides is 1. The van der Waals surface area contributed by atoms with E-state index in [1.807, 2.05) is 30.6 Å². The molecule has 0 fully saturated rings. The lowest BCUT2D eigenvalue weighted by molar-refractivity contribution is -0.114. The zero-order valence-corrected chi connectivity index (χ0v) is 27.3. The molecule has 0 spiro atoms. The summed E-state index contributed by atoms with van der Waals surface area (Å²) in [6.07, 6.45) is 27.4. The number of aromatic amines is 1. The Morgan fingerprint density at radius 1 is 0.889 bits per heavy atom. The number of unbranched alkanes of at least 4 members (excludes halogenated alkanes) is 9. The van der Waals surface area contributed by atoms with Crippen molar-refractivity contribution in [1.82, 2.24) is 9.97 Å². The quantitative estimate of drug-likeness (QED) is 0.0636. The zero-order valence-electron chi connectivity index (χ0n) is 27.3. The van der Waals surface area contributed by atoms with Crippen molar-refractivity contribution in [2.75, 3.05) is 5.32 Å². The molecule has 4 aromatic rings. The number of para-hydroxylation sites is 1. The molecule has 5 nitrogen and oxygen atoms in total. The molecule has 2 heterocycles. The molecule has 45 heavy (non-hydrogen) atoms. The number of allylic oxidation sites excluding steroid dienone is 4. The van der Waals surface area contributed by atoms with E-state index in [2.05, 4.69) is 71.9 Å². The molecular formula is C40H50N4O. The fourth-order valence-corrected chi connectivity index (χ4v) is 6.31. The molecule has 0 aliphatic carbocycles. The molecule has 0 radical (unpaired) electrons. The minimum atomic E-state index is -0.119. The Morgan fingerprint density at radius 2 is 1.62 bits per heavy atom. The van der Waals surface area contributed by atoms with Gasteiger partial charge in [0.15, 0.2) is 0 Å². The molecular weight excluding hydrogens is 552 g/mol. The molecule has 4 rings (SSSR count). The molecule has 0 aliphatic heterocycles. The van der Waals surface area contributed by atoms with E-state index in [0.29, 0.717) is 11.5 Å². The molecule has 0 saturated heterocycles. The largest absolute Gasteiger partial charge is 0.359 e. The molecule has 2 N–H and O–H groups in total.